The Bertz CT molecular complexity index is 578. The first-order valence-electron chi connectivity index (χ1n) is 9.37. The predicted molar refractivity (Wildman–Crippen MR) is 98.4 cm³/mol. The zero-order chi connectivity index (χ0) is 18.2. The molecule has 2 saturated heterocycles. The fourth-order valence-corrected chi connectivity index (χ4v) is 3.15. The molecule has 2 heterocycles. The molecular weight excluding hydrogens is 334 g/mol. The second kappa shape index (κ2) is 9.75. The fourth-order valence-electron chi connectivity index (χ4n) is 3.15. The van der Waals surface area contributed by atoms with E-state index in [0.717, 1.165) is 44.2 Å². The monoisotopic (exact) mass is 363 g/mol. The van der Waals surface area contributed by atoms with Gasteiger partial charge in [-0.1, -0.05) is 12.1 Å². The molecule has 0 radical (unpaired) electrons. The minimum atomic E-state index is -0.0428. The standard InChI is InChI=1S/C19H29N3O4/c1-16-15-22(8-12-25-16)19(23)20-14-17-3-2-4-18(13-17)26-11-7-21-5-9-24-10-6-21/h2-4,13,16H,5-12,14-15H2,1H3,(H,20,23)/t16-/m1/s1. The number of carbonyl (C=O) groups is 1. The molecule has 2 aliphatic heterocycles. The number of amides is 2. The van der Waals surface area contributed by atoms with Crippen LogP contribution in [0, 0.1) is 0 Å². The summed E-state index contributed by atoms with van der Waals surface area (Å²) in [7, 11) is 0. The molecule has 0 bridgehead atoms. The van der Waals surface area contributed by atoms with Crippen LogP contribution in [0.4, 0.5) is 4.79 Å². The number of morpholine rings is 2. The molecule has 2 aliphatic rings. The summed E-state index contributed by atoms with van der Waals surface area (Å²) in [5.74, 6) is 0.838. The van der Waals surface area contributed by atoms with E-state index in [1.165, 1.54) is 0 Å². The first kappa shape index (κ1) is 18.9. The average Bonchev–Trinajstić information content (AvgIpc) is 2.67. The minimum Gasteiger partial charge on any atom is -0.492 e. The first-order valence-corrected chi connectivity index (χ1v) is 9.37. The molecule has 1 aromatic rings. The Balaban J connectivity index is 1.41. The van der Waals surface area contributed by atoms with Gasteiger partial charge >= 0.3 is 6.03 Å². The Morgan fingerprint density at radius 2 is 2.12 bits per heavy atom. The Labute approximate surface area is 155 Å². The maximum atomic E-state index is 12.3. The van der Waals surface area contributed by atoms with Crippen molar-refractivity contribution in [2.75, 3.05) is 59.2 Å². The van der Waals surface area contributed by atoms with Crippen molar-refractivity contribution in [2.24, 2.45) is 0 Å². The third kappa shape index (κ3) is 5.86. The highest BCUT2D eigenvalue weighted by atomic mass is 16.5. The summed E-state index contributed by atoms with van der Waals surface area (Å²) in [6.07, 6.45) is 0.0951. The van der Waals surface area contributed by atoms with E-state index in [-0.39, 0.29) is 12.1 Å². The molecule has 144 valence electrons. The van der Waals surface area contributed by atoms with Gasteiger partial charge in [0.15, 0.2) is 0 Å². The number of benzene rings is 1. The summed E-state index contributed by atoms with van der Waals surface area (Å²) in [5, 5.41) is 2.98. The van der Waals surface area contributed by atoms with Gasteiger partial charge in [-0.15, -0.1) is 0 Å². The average molecular weight is 363 g/mol. The zero-order valence-electron chi connectivity index (χ0n) is 15.5. The van der Waals surface area contributed by atoms with Crippen LogP contribution in [0.25, 0.3) is 0 Å². The van der Waals surface area contributed by atoms with Crippen molar-refractivity contribution in [2.45, 2.75) is 19.6 Å². The Hall–Kier alpha value is -1.83. The maximum absolute atomic E-state index is 12.3. The van der Waals surface area contributed by atoms with Crippen molar-refractivity contribution < 1.29 is 19.0 Å². The second-order valence-corrected chi connectivity index (χ2v) is 6.74. The van der Waals surface area contributed by atoms with Gasteiger partial charge in [0.2, 0.25) is 0 Å². The third-order valence-corrected chi connectivity index (χ3v) is 4.65. The van der Waals surface area contributed by atoms with E-state index in [4.69, 9.17) is 14.2 Å². The van der Waals surface area contributed by atoms with Crippen LogP contribution in [0.2, 0.25) is 0 Å². The normalized spacial score (nSPS) is 21.4. The summed E-state index contributed by atoms with van der Waals surface area (Å²) in [4.78, 5) is 16.4. The smallest absolute Gasteiger partial charge is 0.317 e. The lowest BCUT2D eigenvalue weighted by atomic mass is 10.2. The SMILES string of the molecule is C[C@@H]1CN(C(=O)NCc2cccc(OCCN3CCOCC3)c2)CCO1. The summed E-state index contributed by atoms with van der Waals surface area (Å²) >= 11 is 0. The summed E-state index contributed by atoms with van der Waals surface area (Å²) in [6, 6.07) is 7.86. The summed E-state index contributed by atoms with van der Waals surface area (Å²) < 4.78 is 16.7. The van der Waals surface area contributed by atoms with Gasteiger partial charge in [0, 0.05) is 39.3 Å². The van der Waals surface area contributed by atoms with Gasteiger partial charge in [0.25, 0.3) is 0 Å². The van der Waals surface area contributed by atoms with Gasteiger partial charge in [-0.3, -0.25) is 4.90 Å². The number of hydrogen-bond donors (Lipinski definition) is 1. The van der Waals surface area contributed by atoms with E-state index in [0.29, 0.717) is 32.8 Å². The molecule has 0 saturated carbocycles. The summed E-state index contributed by atoms with van der Waals surface area (Å²) in [5.41, 5.74) is 1.03. The van der Waals surface area contributed by atoms with Crippen molar-refractivity contribution >= 4 is 6.03 Å². The van der Waals surface area contributed by atoms with E-state index >= 15 is 0 Å². The largest absolute Gasteiger partial charge is 0.492 e. The van der Waals surface area contributed by atoms with Gasteiger partial charge in [-0.2, -0.15) is 0 Å². The van der Waals surface area contributed by atoms with Crippen molar-refractivity contribution in [1.82, 2.24) is 15.1 Å². The van der Waals surface area contributed by atoms with Crippen LogP contribution in [0.1, 0.15) is 12.5 Å². The molecule has 7 nitrogen and oxygen atoms in total. The van der Waals surface area contributed by atoms with Crippen LogP contribution in [0.3, 0.4) is 0 Å². The summed E-state index contributed by atoms with van der Waals surface area (Å²) in [6.45, 7) is 9.45. The Morgan fingerprint density at radius 3 is 2.92 bits per heavy atom. The number of hydrogen-bond acceptors (Lipinski definition) is 5. The second-order valence-electron chi connectivity index (χ2n) is 6.74. The highest BCUT2D eigenvalue weighted by Gasteiger charge is 2.20. The molecule has 1 atom stereocenters. The number of ether oxygens (including phenoxy) is 3. The van der Waals surface area contributed by atoms with E-state index in [1.807, 2.05) is 31.2 Å². The van der Waals surface area contributed by atoms with Gasteiger partial charge < -0.3 is 24.4 Å². The number of nitrogens with one attached hydrogen (secondary N) is 1. The van der Waals surface area contributed by atoms with E-state index in [2.05, 4.69) is 10.2 Å². The van der Waals surface area contributed by atoms with Gasteiger partial charge in [-0.05, 0) is 24.6 Å². The zero-order valence-corrected chi connectivity index (χ0v) is 15.5. The van der Waals surface area contributed by atoms with Crippen molar-refractivity contribution in [3.63, 3.8) is 0 Å². The number of rotatable bonds is 6. The molecule has 0 unspecified atom stereocenters. The van der Waals surface area contributed by atoms with Crippen LogP contribution in [-0.4, -0.2) is 81.1 Å². The third-order valence-electron chi connectivity index (χ3n) is 4.65. The minimum absolute atomic E-state index is 0.0428. The molecule has 3 rings (SSSR count). The molecule has 2 amide bonds. The molecule has 0 aromatic heterocycles. The highest BCUT2D eigenvalue weighted by molar-refractivity contribution is 5.74. The molecule has 2 fully saturated rings. The highest BCUT2D eigenvalue weighted by Crippen LogP contribution is 2.14. The van der Waals surface area contributed by atoms with Crippen molar-refractivity contribution in [3.05, 3.63) is 29.8 Å². The fraction of sp³-hybridized carbons (Fsp3) is 0.632. The lowest BCUT2D eigenvalue weighted by molar-refractivity contribution is -0.00351. The molecule has 0 spiro atoms. The van der Waals surface area contributed by atoms with E-state index < -0.39 is 0 Å². The van der Waals surface area contributed by atoms with Gasteiger partial charge in [0.1, 0.15) is 12.4 Å². The van der Waals surface area contributed by atoms with Crippen LogP contribution >= 0.6 is 0 Å². The molecule has 26 heavy (non-hydrogen) atoms. The maximum Gasteiger partial charge on any atom is 0.317 e. The lowest BCUT2D eigenvalue weighted by Crippen LogP contribution is -2.48. The number of carbonyl (C=O) groups excluding carboxylic acids is 1. The molecule has 1 aromatic carbocycles. The van der Waals surface area contributed by atoms with Crippen LogP contribution in [0.5, 0.6) is 5.75 Å². The first-order chi connectivity index (χ1) is 12.7. The van der Waals surface area contributed by atoms with Crippen LogP contribution < -0.4 is 10.1 Å². The lowest BCUT2D eigenvalue weighted by Gasteiger charge is -2.31. The molecular formula is C19H29N3O4. The number of urea groups is 1. The molecule has 7 heteroatoms. The van der Waals surface area contributed by atoms with Gasteiger partial charge in [-0.25, -0.2) is 4.79 Å². The van der Waals surface area contributed by atoms with E-state index in [1.54, 1.807) is 4.90 Å². The van der Waals surface area contributed by atoms with Crippen molar-refractivity contribution in [1.29, 1.82) is 0 Å². The van der Waals surface area contributed by atoms with Gasteiger partial charge in [0.05, 0.1) is 25.9 Å². The molecule has 1 N–H and O–H groups in total. The Kier molecular flexibility index (Phi) is 7.11. The van der Waals surface area contributed by atoms with Crippen LogP contribution in [-0.2, 0) is 16.0 Å². The quantitative estimate of drug-likeness (QED) is 0.826. The molecule has 0 aliphatic carbocycles. The predicted octanol–water partition coefficient (Wildman–Crippen LogP) is 1.33. The topological polar surface area (TPSA) is 63.3 Å². The number of nitrogens with zero attached hydrogens (tertiary/aromatic N) is 2. The van der Waals surface area contributed by atoms with Crippen molar-refractivity contribution in [3.8, 4) is 5.75 Å². The van der Waals surface area contributed by atoms with Crippen LogP contribution in [0.15, 0.2) is 24.3 Å². The Morgan fingerprint density at radius 1 is 1.27 bits per heavy atom. The van der Waals surface area contributed by atoms with E-state index in [9.17, 15) is 4.79 Å².